The van der Waals surface area contributed by atoms with Crippen LogP contribution in [0.15, 0.2) is 22.9 Å². The van der Waals surface area contributed by atoms with E-state index in [1.807, 2.05) is 0 Å². The summed E-state index contributed by atoms with van der Waals surface area (Å²) in [4.78, 5) is 14.8. The molecule has 1 aromatic heterocycles. The van der Waals surface area contributed by atoms with E-state index in [9.17, 15) is 4.79 Å². The Balaban J connectivity index is 3.16. The van der Waals surface area contributed by atoms with Crippen LogP contribution in [0.1, 0.15) is 19.4 Å². The number of hydrogen-bond donors (Lipinski definition) is 2. The number of carboxylic acids is 1. The minimum Gasteiger partial charge on any atom is -0.480 e. The lowest BCUT2D eigenvalue weighted by atomic mass is 9.78. The molecule has 0 fully saturated rings. The highest BCUT2D eigenvalue weighted by atomic mass is 79.9. The normalized spacial score (nSPS) is 13.6. The number of pyridine rings is 1. The van der Waals surface area contributed by atoms with Gasteiger partial charge < -0.3 is 10.8 Å². The summed E-state index contributed by atoms with van der Waals surface area (Å²) in [7, 11) is 0. The standard InChI is InChI=1S/C10H13BrN2O2/c1-10(2,8(12)9(14)15)6-3-4-13-5-7(6)11/h3-5,8H,12H2,1-2H3,(H,14,15). The van der Waals surface area contributed by atoms with Gasteiger partial charge >= 0.3 is 5.97 Å². The number of rotatable bonds is 3. The molecule has 0 amide bonds. The summed E-state index contributed by atoms with van der Waals surface area (Å²) in [5, 5.41) is 8.91. The smallest absolute Gasteiger partial charge is 0.321 e. The minimum atomic E-state index is -1.01. The molecule has 0 aliphatic rings. The van der Waals surface area contributed by atoms with E-state index in [0.29, 0.717) is 0 Å². The van der Waals surface area contributed by atoms with E-state index in [2.05, 4.69) is 20.9 Å². The van der Waals surface area contributed by atoms with Crippen LogP contribution in [-0.2, 0) is 10.2 Å². The molecule has 0 aromatic carbocycles. The maximum Gasteiger partial charge on any atom is 0.321 e. The average molecular weight is 273 g/mol. The van der Waals surface area contributed by atoms with E-state index in [0.717, 1.165) is 10.0 Å². The molecule has 1 heterocycles. The topological polar surface area (TPSA) is 76.2 Å². The Morgan fingerprint density at radius 1 is 1.67 bits per heavy atom. The molecule has 15 heavy (non-hydrogen) atoms. The van der Waals surface area contributed by atoms with Crippen molar-refractivity contribution >= 4 is 21.9 Å². The number of nitrogens with two attached hydrogens (primary N) is 1. The van der Waals surface area contributed by atoms with Gasteiger partial charge in [0.05, 0.1) is 0 Å². The molecular weight excluding hydrogens is 260 g/mol. The average Bonchev–Trinajstić information content (AvgIpc) is 2.16. The maximum atomic E-state index is 10.9. The molecule has 0 spiro atoms. The number of halogens is 1. The molecule has 0 aliphatic heterocycles. The van der Waals surface area contributed by atoms with Gasteiger partial charge in [-0.1, -0.05) is 13.8 Å². The van der Waals surface area contributed by atoms with Crippen LogP contribution in [0.4, 0.5) is 0 Å². The van der Waals surface area contributed by atoms with Crippen LogP contribution in [0.3, 0.4) is 0 Å². The van der Waals surface area contributed by atoms with Gasteiger partial charge in [0.15, 0.2) is 0 Å². The van der Waals surface area contributed by atoms with E-state index in [-0.39, 0.29) is 0 Å². The molecule has 0 saturated carbocycles. The first kappa shape index (κ1) is 12.1. The quantitative estimate of drug-likeness (QED) is 0.875. The number of carbonyl (C=O) groups is 1. The third kappa shape index (κ3) is 2.35. The highest BCUT2D eigenvalue weighted by molar-refractivity contribution is 9.10. The second-order valence-electron chi connectivity index (χ2n) is 3.89. The van der Waals surface area contributed by atoms with Crippen molar-refractivity contribution in [2.45, 2.75) is 25.3 Å². The Morgan fingerprint density at radius 2 is 2.27 bits per heavy atom. The van der Waals surface area contributed by atoms with Gasteiger partial charge in [-0.15, -0.1) is 0 Å². The van der Waals surface area contributed by atoms with Crippen LogP contribution >= 0.6 is 15.9 Å². The van der Waals surface area contributed by atoms with Crippen molar-refractivity contribution in [2.24, 2.45) is 5.73 Å². The Labute approximate surface area is 96.6 Å². The molecule has 82 valence electrons. The number of aliphatic carboxylic acids is 1. The third-order valence-electron chi connectivity index (χ3n) is 2.51. The van der Waals surface area contributed by atoms with Crippen LogP contribution in [-0.4, -0.2) is 22.1 Å². The highest BCUT2D eigenvalue weighted by Crippen LogP contribution is 2.31. The predicted octanol–water partition coefficient (Wildman–Crippen LogP) is 1.53. The van der Waals surface area contributed by atoms with Crippen molar-refractivity contribution < 1.29 is 9.90 Å². The molecule has 3 N–H and O–H groups in total. The molecule has 1 atom stereocenters. The molecule has 0 saturated heterocycles. The summed E-state index contributed by atoms with van der Waals surface area (Å²) in [6.07, 6.45) is 3.25. The fourth-order valence-corrected chi connectivity index (χ4v) is 2.14. The first-order chi connectivity index (χ1) is 6.87. The van der Waals surface area contributed by atoms with Crippen molar-refractivity contribution in [1.82, 2.24) is 4.98 Å². The Hall–Kier alpha value is -0.940. The Kier molecular flexibility index (Phi) is 3.46. The first-order valence-corrected chi connectivity index (χ1v) is 5.25. The number of nitrogens with zero attached hydrogens (tertiary/aromatic N) is 1. The van der Waals surface area contributed by atoms with Gasteiger partial charge in [0.1, 0.15) is 6.04 Å². The molecule has 4 nitrogen and oxygen atoms in total. The largest absolute Gasteiger partial charge is 0.480 e. The van der Waals surface area contributed by atoms with Gasteiger partial charge in [0.25, 0.3) is 0 Å². The zero-order chi connectivity index (χ0) is 11.6. The minimum absolute atomic E-state index is 0.645. The van der Waals surface area contributed by atoms with Crippen LogP contribution in [0.25, 0.3) is 0 Å². The van der Waals surface area contributed by atoms with Gasteiger partial charge in [0.2, 0.25) is 0 Å². The van der Waals surface area contributed by atoms with Gasteiger partial charge in [-0.2, -0.15) is 0 Å². The Bertz CT molecular complexity index is 379. The monoisotopic (exact) mass is 272 g/mol. The predicted molar refractivity (Wildman–Crippen MR) is 60.6 cm³/mol. The summed E-state index contributed by atoms with van der Waals surface area (Å²) in [5.41, 5.74) is 5.85. The van der Waals surface area contributed by atoms with E-state index >= 15 is 0 Å². The summed E-state index contributed by atoms with van der Waals surface area (Å²) in [6, 6.07) is 0.823. The van der Waals surface area contributed by atoms with Crippen LogP contribution < -0.4 is 5.73 Å². The second-order valence-corrected chi connectivity index (χ2v) is 4.75. The number of hydrogen-bond acceptors (Lipinski definition) is 3. The van der Waals surface area contributed by atoms with Crippen molar-refractivity contribution in [3.05, 3.63) is 28.5 Å². The van der Waals surface area contributed by atoms with Gasteiger partial charge in [-0.05, 0) is 27.6 Å². The van der Waals surface area contributed by atoms with E-state index < -0.39 is 17.4 Å². The van der Waals surface area contributed by atoms with Gasteiger partial charge in [-0.3, -0.25) is 9.78 Å². The third-order valence-corrected chi connectivity index (χ3v) is 3.14. The molecule has 0 aliphatic carbocycles. The lowest BCUT2D eigenvalue weighted by Gasteiger charge is -2.29. The van der Waals surface area contributed by atoms with E-state index in [1.165, 1.54) is 0 Å². The van der Waals surface area contributed by atoms with Crippen molar-refractivity contribution in [3.8, 4) is 0 Å². The summed E-state index contributed by atoms with van der Waals surface area (Å²) in [6.45, 7) is 3.60. The zero-order valence-corrected chi connectivity index (χ0v) is 10.2. The lowest BCUT2D eigenvalue weighted by Crippen LogP contribution is -2.47. The van der Waals surface area contributed by atoms with Gasteiger partial charge in [0, 0.05) is 22.3 Å². The zero-order valence-electron chi connectivity index (χ0n) is 8.57. The molecular formula is C10H13BrN2O2. The number of aromatic nitrogens is 1. The van der Waals surface area contributed by atoms with E-state index in [4.69, 9.17) is 10.8 Å². The van der Waals surface area contributed by atoms with Gasteiger partial charge in [-0.25, -0.2) is 0 Å². The summed E-state index contributed by atoms with van der Waals surface area (Å²) < 4.78 is 0.770. The first-order valence-electron chi connectivity index (χ1n) is 4.45. The fourth-order valence-electron chi connectivity index (χ4n) is 1.37. The lowest BCUT2D eigenvalue weighted by molar-refractivity contribution is -0.140. The van der Waals surface area contributed by atoms with Crippen molar-refractivity contribution in [3.63, 3.8) is 0 Å². The molecule has 5 heteroatoms. The maximum absolute atomic E-state index is 10.9. The summed E-state index contributed by atoms with van der Waals surface area (Å²) >= 11 is 3.34. The molecule has 0 radical (unpaired) electrons. The molecule has 1 aromatic rings. The molecule has 1 rings (SSSR count). The molecule has 1 unspecified atom stereocenters. The van der Waals surface area contributed by atoms with E-state index in [1.54, 1.807) is 32.3 Å². The Morgan fingerprint density at radius 3 is 2.73 bits per heavy atom. The van der Waals surface area contributed by atoms with Crippen molar-refractivity contribution in [2.75, 3.05) is 0 Å². The highest BCUT2D eigenvalue weighted by Gasteiger charge is 2.35. The van der Waals surface area contributed by atoms with Crippen LogP contribution in [0, 0.1) is 0 Å². The SMILES string of the molecule is CC(C)(c1ccncc1Br)C(N)C(=O)O. The fraction of sp³-hybridized carbons (Fsp3) is 0.400. The van der Waals surface area contributed by atoms with Crippen molar-refractivity contribution in [1.29, 1.82) is 0 Å². The molecule has 0 bridgehead atoms. The number of carboxylic acid groups (broad SMARTS) is 1. The van der Waals surface area contributed by atoms with Crippen LogP contribution in [0.2, 0.25) is 0 Å². The summed E-state index contributed by atoms with van der Waals surface area (Å²) in [5.74, 6) is -1.01. The second kappa shape index (κ2) is 4.28. The van der Waals surface area contributed by atoms with Crippen LogP contribution in [0.5, 0.6) is 0 Å².